The quantitative estimate of drug-likeness (QED) is 0.815. The van der Waals surface area contributed by atoms with E-state index in [-0.39, 0.29) is 12.4 Å². The van der Waals surface area contributed by atoms with Gasteiger partial charge in [0.15, 0.2) is 11.5 Å². The molecule has 1 N–H and O–H groups in total. The monoisotopic (exact) mass is 377 g/mol. The maximum absolute atomic E-state index is 5.33. The Bertz CT molecular complexity index is 534. The van der Waals surface area contributed by atoms with Crippen LogP contribution in [0.2, 0.25) is 0 Å². The Kier molecular flexibility index (Phi) is 7.37. The molecule has 0 spiro atoms. The number of hydrogen-bond acceptors (Lipinski definition) is 4. The van der Waals surface area contributed by atoms with Crippen molar-refractivity contribution in [2.24, 2.45) is 0 Å². The molecule has 0 unspecified atom stereocenters. The van der Waals surface area contributed by atoms with E-state index in [0.29, 0.717) is 0 Å². The molecule has 0 bridgehead atoms. The second-order valence-corrected chi connectivity index (χ2v) is 5.88. The zero-order valence-electron chi connectivity index (χ0n) is 11.3. The zero-order valence-corrected chi connectivity index (χ0v) is 14.5. The van der Waals surface area contributed by atoms with Gasteiger partial charge in [-0.2, -0.15) is 0 Å². The Balaban J connectivity index is 0.00000200. The lowest BCUT2D eigenvalue weighted by atomic mass is 10.2. The van der Waals surface area contributed by atoms with Crippen LogP contribution in [-0.2, 0) is 13.1 Å². The fraction of sp³-hybridized carbons (Fsp3) is 0.286. The highest BCUT2D eigenvalue weighted by molar-refractivity contribution is 9.10. The first kappa shape index (κ1) is 17.3. The summed E-state index contributed by atoms with van der Waals surface area (Å²) in [6, 6.07) is 8.23. The molecule has 1 heterocycles. The standard InChI is InChI=1S/C14H16BrNO2S.ClH/c1-17-13-7-10(6-12(15)14(13)18-2)8-16-9-11-4-3-5-19-11;/h3-7,16H,8-9H2,1-2H3;1H. The molecule has 6 heteroatoms. The van der Waals surface area contributed by atoms with Gasteiger partial charge in [0, 0.05) is 18.0 Å². The number of rotatable bonds is 6. The Morgan fingerprint density at radius 3 is 2.60 bits per heavy atom. The van der Waals surface area contributed by atoms with Crippen molar-refractivity contribution in [1.29, 1.82) is 0 Å². The van der Waals surface area contributed by atoms with Crippen LogP contribution >= 0.6 is 39.7 Å². The van der Waals surface area contributed by atoms with Crippen molar-refractivity contribution in [3.63, 3.8) is 0 Å². The summed E-state index contributed by atoms with van der Waals surface area (Å²) in [5.41, 5.74) is 1.15. The van der Waals surface area contributed by atoms with Crippen molar-refractivity contribution in [2.45, 2.75) is 13.1 Å². The Morgan fingerprint density at radius 1 is 1.20 bits per heavy atom. The van der Waals surface area contributed by atoms with Crippen LogP contribution in [-0.4, -0.2) is 14.2 Å². The van der Waals surface area contributed by atoms with E-state index in [1.54, 1.807) is 25.6 Å². The van der Waals surface area contributed by atoms with Crippen LogP contribution in [0.1, 0.15) is 10.4 Å². The number of thiophene rings is 1. The topological polar surface area (TPSA) is 30.5 Å². The molecule has 0 aliphatic rings. The van der Waals surface area contributed by atoms with E-state index in [9.17, 15) is 0 Å². The predicted octanol–water partition coefficient (Wildman–Crippen LogP) is 4.24. The minimum atomic E-state index is 0. The molecule has 2 rings (SSSR count). The highest BCUT2D eigenvalue weighted by Crippen LogP contribution is 2.36. The van der Waals surface area contributed by atoms with Gasteiger partial charge in [-0.1, -0.05) is 6.07 Å². The third-order valence-electron chi connectivity index (χ3n) is 2.70. The molecule has 0 radical (unpaired) electrons. The van der Waals surface area contributed by atoms with Crippen molar-refractivity contribution in [2.75, 3.05) is 14.2 Å². The van der Waals surface area contributed by atoms with E-state index >= 15 is 0 Å². The Labute approximate surface area is 137 Å². The molecule has 2 aromatic rings. The highest BCUT2D eigenvalue weighted by Gasteiger charge is 2.10. The average Bonchev–Trinajstić information content (AvgIpc) is 2.91. The Hall–Kier alpha value is -0.750. The summed E-state index contributed by atoms with van der Waals surface area (Å²) < 4.78 is 11.5. The van der Waals surface area contributed by atoms with Gasteiger partial charge >= 0.3 is 0 Å². The summed E-state index contributed by atoms with van der Waals surface area (Å²) in [6.45, 7) is 1.67. The molecule has 20 heavy (non-hydrogen) atoms. The van der Waals surface area contributed by atoms with Gasteiger partial charge in [-0.3, -0.25) is 0 Å². The van der Waals surface area contributed by atoms with Gasteiger partial charge in [0.1, 0.15) is 0 Å². The number of benzene rings is 1. The summed E-state index contributed by atoms with van der Waals surface area (Å²) >= 11 is 5.26. The SMILES string of the molecule is COc1cc(CNCc2cccs2)cc(Br)c1OC.Cl. The molecule has 0 saturated heterocycles. The van der Waals surface area contributed by atoms with E-state index in [4.69, 9.17) is 9.47 Å². The maximum atomic E-state index is 5.33. The smallest absolute Gasteiger partial charge is 0.174 e. The van der Waals surface area contributed by atoms with Crippen LogP contribution in [0.5, 0.6) is 11.5 Å². The zero-order chi connectivity index (χ0) is 13.7. The number of ether oxygens (including phenoxy) is 2. The number of nitrogens with one attached hydrogen (secondary N) is 1. The second-order valence-electron chi connectivity index (χ2n) is 4.00. The molecule has 3 nitrogen and oxygen atoms in total. The Morgan fingerprint density at radius 2 is 2.00 bits per heavy atom. The third-order valence-corrected chi connectivity index (χ3v) is 4.17. The van der Waals surface area contributed by atoms with E-state index in [1.807, 2.05) is 12.1 Å². The van der Waals surface area contributed by atoms with Gasteiger partial charge < -0.3 is 14.8 Å². The van der Waals surface area contributed by atoms with Crippen molar-refractivity contribution in [3.8, 4) is 11.5 Å². The van der Waals surface area contributed by atoms with E-state index in [1.165, 1.54) is 4.88 Å². The van der Waals surface area contributed by atoms with E-state index in [0.717, 1.165) is 34.6 Å². The van der Waals surface area contributed by atoms with E-state index in [2.05, 4.69) is 38.8 Å². The highest BCUT2D eigenvalue weighted by atomic mass is 79.9. The summed E-state index contributed by atoms with van der Waals surface area (Å²) in [6.07, 6.45) is 0. The lowest BCUT2D eigenvalue weighted by molar-refractivity contribution is 0.352. The lowest BCUT2D eigenvalue weighted by Crippen LogP contribution is -2.12. The van der Waals surface area contributed by atoms with Gasteiger partial charge in [-0.15, -0.1) is 23.7 Å². The first-order valence-electron chi connectivity index (χ1n) is 5.88. The third kappa shape index (κ3) is 4.38. The molecule has 1 aromatic heterocycles. The summed E-state index contributed by atoms with van der Waals surface area (Å²) in [5.74, 6) is 1.47. The fourth-order valence-electron chi connectivity index (χ4n) is 1.82. The summed E-state index contributed by atoms with van der Waals surface area (Å²) in [4.78, 5) is 1.33. The molecule has 0 saturated carbocycles. The molecular formula is C14H17BrClNO2S. The summed E-state index contributed by atoms with van der Waals surface area (Å²) in [5, 5.41) is 5.50. The lowest BCUT2D eigenvalue weighted by Gasteiger charge is -2.12. The predicted molar refractivity (Wildman–Crippen MR) is 89.4 cm³/mol. The molecular weight excluding hydrogens is 362 g/mol. The van der Waals surface area contributed by atoms with Crippen molar-refractivity contribution >= 4 is 39.7 Å². The second kappa shape index (κ2) is 8.52. The van der Waals surface area contributed by atoms with Crippen LogP contribution in [0.3, 0.4) is 0 Å². The van der Waals surface area contributed by atoms with Gasteiger partial charge in [0.05, 0.1) is 18.7 Å². The number of hydrogen-bond donors (Lipinski definition) is 1. The fourth-order valence-corrected chi connectivity index (χ4v) is 3.14. The largest absolute Gasteiger partial charge is 0.493 e. The molecule has 0 amide bonds. The average molecular weight is 379 g/mol. The first-order valence-corrected chi connectivity index (χ1v) is 7.55. The molecule has 0 fully saturated rings. The summed E-state index contributed by atoms with van der Waals surface area (Å²) in [7, 11) is 3.28. The van der Waals surface area contributed by atoms with Gasteiger partial charge in [0.2, 0.25) is 0 Å². The minimum Gasteiger partial charge on any atom is -0.493 e. The molecule has 110 valence electrons. The van der Waals surface area contributed by atoms with Crippen molar-refractivity contribution in [3.05, 3.63) is 44.6 Å². The normalized spacial score (nSPS) is 9.95. The van der Waals surface area contributed by atoms with Gasteiger partial charge in [-0.05, 0) is 45.1 Å². The first-order chi connectivity index (χ1) is 9.24. The number of methoxy groups -OCH3 is 2. The maximum Gasteiger partial charge on any atom is 0.174 e. The molecule has 0 aliphatic carbocycles. The molecule has 0 atom stereocenters. The van der Waals surface area contributed by atoms with Crippen LogP contribution < -0.4 is 14.8 Å². The van der Waals surface area contributed by atoms with Crippen LogP contribution in [0.4, 0.5) is 0 Å². The van der Waals surface area contributed by atoms with Crippen LogP contribution in [0, 0.1) is 0 Å². The van der Waals surface area contributed by atoms with Gasteiger partial charge in [0.25, 0.3) is 0 Å². The van der Waals surface area contributed by atoms with Crippen LogP contribution in [0.15, 0.2) is 34.1 Å². The minimum absolute atomic E-state index is 0. The molecule has 1 aromatic carbocycles. The number of halogens is 2. The van der Waals surface area contributed by atoms with Crippen molar-refractivity contribution in [1.82, 2.24) is 5.32 Å². The van der Waals surface area contributed by atoms with E-state index < -0.39 is 0 Å². The van der Waals surface area contributed by atoms with Crippen molar-refractivity contribution < 1.29 is 9.47 Å². The van der Waals surface area contributed by atoms with Gasteiger partial charge in [-0.25, -0.2) is 0 Å². The van der Waals surface area contributed by atoms with Crippen LogP contribution in [0.25, 0.3) is 0 Å². The molecule has 0 aliphatic heterocycles.